The van der Waals surface area contributed by atoms with E-state index >= 15 is 0 Å². The largest absolute Gasteiger partial charge is 0.356 e. The second-order valence-electron chi connectivity index (χ2n) is 5.33. The summed E-state index contributed by atoms with van der Waals surface area (Å²) in [5.74, 6) is 2.29. The van der Waals surface area contributed by atoms with Crippen LogP contribution >= 0.6 is 0 Å². The van der Waals surface area contributed by atoms with Gasteiger partial charge in [0, 0.05) is 25.1 Å². The number of aromatic amines is 1. The quantitative estimate of drug-likeness (QED) is 0.841. The molecule has 1 aliphatic heterocycles. The minimum Gasteiger partial charge on any atom is -0.356 e. The number of rotatable bonds is 3. The van der Waals surface area contributed by atoms with E-state index in [4.69, 9.17) is 5.73 Å². The highest BCUT2D eigenvalue weighted by Gasteiger charge is 2.20. The van der Waals surface area contributed by atoms with Gasteiger partial charge in [-0.25, -0.2) is 4.98 Å². The van der Waals surface area contributed by atoms with Crippen LogP contribution in [-0.4, -0.2) is 29.6 Å². The number of piperidine rings is 1. The molecule has 2 rings (SSSR count). The smallest absolute Gasteiger partial charge is 0.252 e. The molecule has 5 nitrogen and oxygen atoms in total. The van der Waals surface area contributed by atoms with Crippen molar-refractivity contribution in [3.8, 4) is 0 Å². The first-order chi connectivity index (χ1) is 8.60. The van der Waals surface area contributed by atoms with Gasteiger partial charge < -0.3 is 15.6 Å². The molecule has 18 heavy (non-hydrogen) atoms. The van der Waals surface area contributed by atoms with E-state index in [0.29, 0.717) is 12.5 Å². The van der Waals surface area contributed by atoms with E-state index in [1.165, 1.54) is 6.42 Å². The number of anilines is 1. The van der Waals surface area contributed by atoms with Crippen molar-refractivity contribution >= 4 is 5.82 Å². The van der Waals surface area contributed by atoms with Gasteiger partial charge in [0.2, 0.25) is 0 Å². The van der Waals surface area contributed by atoms with Gasteiger partial charge in [0.25, 0.3) is 5.56 Å². The highest BCUT2D eigenvalue weighted by atomic mass is 16.1. The van der Waals surface area contributed by atoms with Gasteiger partial charge in [-0.15, -0.1) is 0 Å². The predicted octanol–water partition coefficient (Wildman–Crippen LogP) is 1.07. The van der Waals surface area contributed by atoms with Gasteiger partial charge in [-0.2, -0.15) is 0 Å². The molecule has 0 aromatic carbocycles. The average Bonchev–Trinajstić information content (AvgIpc) is 2.38. The fraction of sp³-hybridized carbons (Fsp3) is 0.692. The molecule has 1 atom stereocenters. The zero-order valence-corrected chi connectivity index (χ0v) is 11.1. The molecule has 1 aromatic rings. The number of nitrogens with two attached hydrogens (primary N) is 1. The van der Waals surface area contributed by atoms with Crippen molar-refractivity contribution in [1.29, 1.82) is 0 Å². The van der Waals surface area contributed by atoms with Crippen LogP contribution < -0.4 is 16.2 Å². The number of aromatic nitrogens is 2. The predicted molar refractivity (Wildman–Crippen MR) is 72.9 cm³/mol. The van der Waals surface area contributed by atoms with Gasteiger partial charge in [0.1, 0.15) is 11.6 Å². The summed E-state index contributed by atoms with van der Waals surface area (Å²) in [6.45, 7) is 6.63. The second kappa shape index (κ2) is 5.52. The van der Waals surface area contributed by atoms with Crippen LogP contribution in [-0.2, 0) is 0 Å². The molecule has 1 fully saturated rings. The van der Waals surface area contributed by atoms with E-state index in [1.54, 1.807) is 6.07 Å². The lowest BCUT2D eigenvalue weighted by Gasteiger charge is -2.33. The van der Waals surface area contributed by atoms with Crippen molar-refractivity contribution in [2.45, 2.75) is 32.6 Å². The van der Waals surface area contributed by atoms with Gasteiger partial charge in [-0.05, 0) is 25.3 Å². The van der Waals surface area contributed by atoms with Crippen LogP contribution in [0.4, 0.5) is 5.82 Å². The minimum atomic E-state index is -0.0708. The van der Waals surface area contributed by atoms with Gasteiger partial charge in [-0.1, -0.05) is 13.8 Å². The fourth-order valence-electron chi connectivity index (χ4n) is 2.36. The summed E-state index contributed by atoms with van der Waals surface area (Å²) < 4.78 is 0. The zero-order chi connectivity index (χ0) is 13.1. The lowest BCUT2D eigenvalue weighted by atomic mass is 9.98. The van der Waals surface area contributed by atoms with Crippen molar-refractivity contribution < 1.29 is 0 Å². The molecule has 0 saturated carbocycles. The van der Waals surface area contributed by atoms with Crippen LogP contribution in [0.5, 0.6) is 0 Å². The molecule has 3 N–H and O–H groups in total. The van der Waals surface area contributed by atoms with Gasteiger partial charge in [-0.3, -0.25) is 4.79 Å². The summed E-state index contributed by atoms with van der Waals surface area (Å²) in [4.78, 5) is 21.2. The Labute approximate surface area is 107 Å². The maximum Gasteiger partial charge on any atom is 0.252 e. The highest BCUT2D eigenvalue weighted by Crippen LogP contribution is 2.21. The standard InChI is InChI=1S/C13H22N4O/c1-9(2)13-15-11(6-12(18)16-13)17-5-3-4-10(7-14)8-17/h6,9-10H,3-5,7-8,14H2,1-2H3,(H,15,16,18). The van der Waals surface area contributed by atoms with E-state index in [1.807, 2.05) is 13.8 Å². The van der Waals surface area contributed by atoms with E-state index < -0.39 is 0 Å². The zero-order valence-electron chi connectivity index (χ0n) is 11.1. The summed E-state index contributed by atoms with van der Waals surface area (Å²) in [7, 11) is 0. The van der Waals surface area contributed by atoms with Crippen molar-refractivity contribution in [2.24, 2.45) is 11.7 Å². The molecule has 0 spiro atoms. The molecule has 5 heteroatoms. The molecule has 1 saturated heterocycles. The number of hydrogen-bond donors (Lipinski definition) is 2. The fourth-order valence-corrected chi connectivity index (χ4v) is 2.36. The van der Waals surface area contributed by atoms with Crippen LogP contribution in [0, 0.1) is 5.92 Å². The van der Waals surface area contributed by atoms with Crippen LogP contribution in [0.2, 0.25) is 0 Å². The molecule has 0 amide bonds. The monoisotopic (exact) mass is 250 g/mol. The van der Waals surface area contributed by atoms with E-state index in [9.17, 15) is 4.79 Å². The lowest BCUT2D eigenvalue weighted by Crippen LogP contribution is -2.39. The Kier molecular flexibility index (Phi) is 4.01. The third-order valence-electron chi connectivity index (χ3n) is 3.47. The van der Waals surface area contributed by atoms with E-state index in [0.717, 1.165) is 31.2 Å². The lowest BCUT2D eigenvalue weighted by molar-refractivity contribution is 0.421. The first-order valence-corrected chi connectivity index (χ1v) is 6.66. The molecular weight excluding hydrogens is 228 g/mol. The average molecular weight is 250 g/mol. The Morgan fingerprint density at radius 1 is 1.61 bits per heavy atom. The summed E-state index contributed by atoms with van der Waals surface area (Å²) in [5, 5.41) is 0. The molecule has 1 aromatic heterocycles. The van der Waals surface area contributed by atoms with E-state index in [2.05, 4.69) is 14.9 Å². The molecule has 0 radical (unpaired) electrons. The van der Waals surface area contributed by atoms with Crippen molar-refractivity contribution in [3.05, 3.63) is 22.2 Å². The van der Waals surface area contributed by atoms with Crippen molar-refractivity contribution in [1.82, 2.24) is 9.97 Å². The molecule has 100 valence electrons. The van der Waals surface area contributed by atoms with Crippen LogP contribution in [0.3, 0.4) is 0 Å². The first kappa shape index (κ1) is 13.1. The second-order valence-corrected chi connectivity index (χ2v) is 5.33. The summed E-state index contributed by atoms with van der Waals surface area (Å²) in [5.41, 5.74) is 5.67. The Morgan fingerprint density at radius 3 is 3.06 bits per heavy atom. The SMILES string of the molecule is CC(C)c1nc(N2CCCC(CN)C2)cc(=O)[nH]1. The van der Waals surface area contributed by atoms with Gasteiger partial charge in [0.15, 0.2) is 0 Å². The Hall–Kier alpha value is -1.36. The number of H-pyrrole nitrogens is 1. The van der Waals surface area contributed by atoms with Gasteiger partial charge >= 0.3 is 0 Å². The van der Waals surface area contributed by atoms with Crippen LogP contribution in [0.25, 0.3) is 0 Å². The highest BCUT2D eigenvalue weighted by molar-refractivity contribution is 5.38. The first-order valence-electron chi connectivity index (χ1n) is 6.66. The molecule has 1 unspecified atom stereocenters. The third kappa shape index (κ3) is 2.90. The molecule has 1 aliphatic rings. The molecule has 2 heterocycles. The van der Waals surface area contributed by atoms with Crippen molar-refractivity contribution in [3.63, 3.8) is 0 Å². The van der Waals surface area contributed by atoms with Gasteiger partial charge in [0.05, 0.1) is 0 Å². The molecular formula is C13H22N4O. The van der Waals surface area contributed by atoms with Crippen LogP contribution in [0.15, 0.2) is 10.9 Å². The molecule has 0 bridgehead atoms. The Morgan fingerprint density at radius 2 is 2.39 bits per heavy atom. The maximum atomic E-state index is 11.7. The molecule has 0 aliphatic carbocycles. The number of nitrogens with zero attached hydrogens (tertiary/aromatic N) is 2. The maximum absolute atomic E-state index is 11.7. The summed E-state index contributed by atoms with van der Waals surface area (Å²) in [6.07, 6.45) is 2.29. The Bertz CT molecular complexity index is 455. The van der Waals surface area contributed by atoms with E-state index in [-0.39, 0.29) is 11.5 Å². The summed E-state index contributed by atoms with van der Waals surface area (Å²) >= 11 is 0. The normalized spacial score (nSPS) is 20.4. The third-order valence-corrected chi connectivity index (χ3v) is 3.47. The van der Waals surface area contributed by atoms with Crippen molar-refractivity contribution in [2.75, 3.05) is 24.5 Å². The topological polar surface area (TPSA) is 75.0 Å². The summed E-state index contributed by atoms with van der Waals surface area (Å²) in [6, 6.07) is 1.59. The Balaban J connectivity index is 2.24. The van der Waals surface area contributed by atoms with Crippen LogP contribution in [0.1, 0.15) is 38.4 Å². The minimum absolute atomic E-state index is 0.0708. The number of nitrogens with one attached hydrogen (secondary N) is 1. The number of hydrogen-bond acceptors (Lipinski definition) is 4.